The van der Waals surface area contributed by atoms with Crippen molar-refractivity contribution in [3.63, 3.8) is 0 Å². The molecule has 1 unspecified atom stereocenters. The summed E-state index contributed by atoms with van der Waals surface area (Å²) in [6.45, 7) is 3.09. The van der Waals surface area contributed by atoms with Gasteiger partial charge in [-0.2, -0.15) is 0 Å². The van der Waals surface area contributed by atoms with E-state index in [-0.39, 0.29) is 11.4 Å². The molecule has 0 saturated carbocycles. The second-order valence-electron chi connectivity index (χ2n) is 6.10. The molecule has 0 spiro atoms. The molecule has 22 heavy (non-hydrogen) atoms. The number of likely N-dealkylation sites (tertiary alicyclic amines) is 1. The number of aliphatic imine (C=N–C) groups is 1. The van der Waals surface area contributed by atoms with Crippen LogP contribution in [0.15, 0.2) is 29.3 Å². The molecule has 118 valence electrons. The van der Waals surface area contributed by atoms with Gasteiger partial charge in [0.15, 0.2) is 5.17 Å². The predicted molar refractivity (Wildman–Crippen MR) is 89.0 cm³/mol. The number of aliphatic hydroxyl groups excluding tert-OH is 1. The van der Waals surface area contributed by atoms with E-state index >= 15 is 0 Å². The molecule has 1 aromatic rings. The van der Waals surface area contributed by atoms with Gasteiger partial charge in [-0.3, -0.25) is 9.79 Å². The highest BCUT2D eigenvalue weighted by Gasteiger charge is 2.31. The molecule has 0 aromatic heterocycles. The van der Waals surface area contributed by atoms with Crippen LogP contribution in [0.2, 0.25) is 0 Å². The van der Waals surface area contributed by atoms with Crippen molar-refractivity contribution in [1.82, 2.24) is 4.90 Å². The van der Waals surface area contributed by atoms with Crippen LogP contribution in [0, 0.1) is 0 Å². The van der Waals surface area contributed by atoms with Crippen molar-refractivity contribution >= 4 is 22.8 Å². The number of β-amino-alcohol motifs (C(OH)–C–C–N with tert-alkyl or cyclic N) is 1. The van der Waals surface area contributed by atoms with Gasteiger partial charge in [0.05, 0.1) is 11.6 Å². The number of hydrogen-bond donors (Lipinski definition) is 2. The summed E-state index contributed by atoms with van der Waals surface area (Å²) in [5, 5.41) is 10.2. The van der Waals surface area contributed by atoms with Crippen molar-refractivity contribution in [3.05, 3.63) is 35.4 Å². The Morgan fingerprint density at radius 2 is 2.36 bits per heavy atom. The Morgan fingerprint density at radius 3 is 3.05 bits per heavy atom. The van der Waals surface area contributed by atoms with E-state index in [1.807, 2.05) is 24.3 Å². The summed E-state index contributed by atoms with van der Waals surface area (Å²) in [5.74, 6) is 0.909. The third-order valence-electron chi connectivity index (χ3n) is 4.38. The lowest BCUT2D eigenvalue weighted by Crippen LogP contribution is -2.31. The molecule has 2 aliphatic rings. The summed E-state index contributed by atoms with van der Waals surface area (Å²) in [7, 11) is 0. The molecular formula is C16H21N3O2S. The van der Waals surface area contributed by atoms with Crippen molar-refractivity contribution in [2.45, 2.75) is 31.4 Å². The lowest BCUT2D eigenvalue weighted by atomic mass is 9.88. The number of carbonyl (C=O) groups is 1. The van der Waals surface area contributed by atoms with Crippen LogP contribution in [0.4, 0.5) is 0 Å². The van der Waals surface area contributed by atoms with Crippen LogP contribution < -0.4 is 5.73 Å². The number of amides is 1. The minimum atomic E-state index is -0.399. The fraction of sp³-hybridized carbons (Fsp3) is 0.500. The van der Waals surface area contributed by atoms with E-state index in [0.29, 0.717) is 30.2 Å². The zero-order valence-corrected chi connectivity index (χ0v) is 13.5. The van der Waals surface area contributed by atoms with Gasteiger partial charge in [-0.15, -0.1) is 0 Å². The highest BCUT2D eigenvalue weighted by atomic mass is 32.2. The standard InChI is InChI=1S/C16H21N3O2S/c1-16(6-8-22-15(17)18-16)12-4-2-3-11(9-12)14(21)19-7-5-13(20)10-19/h2-4,9,13,20H,5-8,10H2,1H3,(H2,17,18)/t13-,16?/m1/s1. The van der Waals surface area contributed by atoms with Crippen LogP contribution in [0.5, 0.6) is 0 Å². The molecule has 1 amide bonds. The summed E-state index contributed by atoms with van der Waals surface area (Å²) in [6.07, 6.45) is 1.16. The SMILES string of the molecule is CC1(c2cccc(C(=O)N3CC[C@@H](O)C3)c2)CCSC(N)=N1. The number of rotatable bonds is 2. The number of amidine groups is 1. The van der Waals surface area contributed by atoms with Gasteiger partial charge in [0.25, 0.3) is 5.91 Å². The lowest BCUT2D eigenvalue weighted by molar-refractivity contribution is 0.0765. The van der Waals surface area contributed by atoms with E-state index < -0.39 is 6.10 Å². The number of nitrogens with zero attached hydrogens (tertiary/aromatic N) is 2. The van der Waals surface area contributed by atoms with Gasteiger partial charge in [0.2, 0.25) is 0 Å². The second-order valence-corrected chi connectivity index (χ2v) is 7.21. The summed E-state index contributed by atoms with van der Waals surface area (Å²) in [4.78, 5) is 18.8. The first-order valence-corrected chi connectivity index (χ1v) is 8.52. The molecule has 2 atom stereocenters. The van der Waals surface area contributed by atoms with Gasteiger partial charge in [-0.05, 0) is 37.5 Å². The Labute approximate surface area is 134 Å². The molecule has 5 nitrogen and oxygen atoms in total. The number of hydrogen-bond acceptors (Lipinski definition) is 5. The summed E-state index contributed by atoms with van der Waals surface area (Å²) >= 11 is 1.57. The molecule has 1 saturated heterocycles. The largest absolute Gasteiger partial charge is 0.391 e. The van der Waals surface area contributed by atoms with E-state index in [1.165, 1.54) is 0 Å². The molecular weight excluding hydrogens is 298 g/mol. The molecule has 3 rings (SSSR count). The zero-order chi connectivity index (χ0) is 15.7. The Kier molecular flexibility index (Phi) is 4.14. The molecule has 2 aliphatic heterocycles. The van der Waals surface area contributed by atoms with Crippen LogP contribution in [0.1, 0.15) is 35.7 Å². The van der Waals surface area contributed by atoms with Gasteiger partial charge < -0.3 is 15.7 Å². The Balaban J connectivity index is 1.87. The Morgan fingerprint density at radius 1 is 1.55 bits per heavy atom. The average Bonchev–Trinajstić information content (AvgIpc) is 2.93. The van der Waals surface area contributed by atoms with Crippen LogP contribution in [-0.2, 0) is 5.54 Å². The second kappa shape index (κ2) is 5.93. The fourth-order valence-corrected chi connectivity index (χ4v) is 3.97. The molecule has 0 radical (unpaired) electrons. The number of carbonyl (C=O) groups excluding carboxylic acids is 1. The van der Waals surface area contributed by atoms with E-state index in [2.05, 4.69) is 11.9 Å². The van der Waals surface area contributed by atoms with Gasteiger partial charge in [-0.25, -0.2) is 0 Å². The monoisotopic (exact) mass is 319 g/mol. The number of aliphatic hydroxyl groups is 1. The first-order valence-electron chi connectivity index (χ1n) is 7.54. The van der Waals surface area contributed by atoms with Crippen LogP contribution in [-0.4, -0.2) is 46.0 Å². The normalized spacial score (nSPS) is 28.5. The average molecular weight is 319 g/mol. The maximum Gasteiger partial charge on any atom is 0.253 e. The van der Waals surface area contributed by atoms with Gasteiger partial charge >= 0.3 is 0 Å². The Bertz CT molecular complexity index is 619. The number of nitrogens with two attached hydrogens (primary N) is 1. The molecule has 2 heterocycles. The van der Waals surface area contributed by atoms with Crippen molar-refractivity contribution in [2.24, 2.45) is 10.7 Å². The first-order chi connectivity index (χ1) is 10.5. The predicted octanol–water partition coefficient (Wildman–Crippen LogP) is 1.56. The van der Waals surface area contributed by atoms with Crippen molar-refractivity contribution < 1.29 is 9.90 Å². The maximum absolute atomic E-state index is 12.5. The van der Waals surface area contributed by atoms with Gasteiger partial charge in [-0.1, -0.05) is 23.9 Å². The minimum Gasteiger partial charge on any atom is -0.391 e. The molecule has 3 N–H and O–H groups in total. The quantitative estimate of drug-likeness (QED) is 0.867. The first kappa shape index (κ1) is 15.4. The smallest absolute Gasteiger partial charge is 0.253 e. The third-order valence-corrected chi connectivity index (χ3v) is 5.17. The molecule has 0 bridgehead atoms. The van der Waals surface area contributed by atoms with Crippen molar-refractivity contribution in [1.29, 1.82) is 0 Å². The summed E-state index contributed by atoms with van der Waals surface area (Å²) < 4.78 is 0. The fourth-order valence-electron chi connectivity index (χ4n) is 2.99. The Hall–Kier alpha value is -1.53. The van der Waals surface area contributed by atoms with Crippen LogP contribution in [0.25, 0.3) is 0 Å². The number of thioether (sulfide) groups is 1. The van der Waals surface area contributed by atoms with E-state index in [0.717, 1.165) is 17.7 Å². The highest BCUT2D eigenvalue weighted by Crippen LogP contribution is 2.35. The molecule has 6 heteroatoms. The minimum absolute atomic E-state index is 0.0239. The van der Waals surface area contributed by atoms with Crippen LogP contribution >= 0.6 is 11.8 Å². The van der Waals surface area contributed by atoms with E-state index in [1.54, 1.807) is 16.7 Å². The van der Waals surface area contributed by atoms with Gasteiger partial charge in [0, 0.05) is 24.4 Å². The topological polar surface area (TPSA) is 78.9 Å². The molecule has 1 fully saturated rings. The van der Waals surface area contributed by atoms with E-state index in [9.17, 15) is 9.90 Å². The third kappa shape index (κ3) is 2.98. The molecule has 0 aliphatic carbocycles. The number of benzene rings is 1. The van der Waals surface area contributed by atoms with Crippen molar-refractivity contribution in [2.75, 3.05) is 18.8 Å². The van der Waals surface area contributed by atoms with Crippen LogP contribution in [0.3, 0.4) is 0 Å². The summed E-state index contributed by atoms with van der Waals surface area (Å²) in [6, 6.07) is 7.64. The summed E-state index contributed by atoms with van der Waals surface area (Å²) in [5.41, 5.74) is 7.17. The maximum atomic E-state index is 12.5. The highest BCUT2D eigenvalue weighted by molar-refractivity contribution is 8.13. The zero-order valence-electron chi connectivity index (χ0n) is 12.7. The van der Waals surface area contributed by atoms with Crippen molar-refractivity contribution in [3.8, 4) is 0 Å². The molecule has 1 aromatic carbocycles. The lowest BCUT2D eigenvalue weighted by Gasteiger charge is -2.30. The van der Waals surface area contributed by atoms with Gasteiger partial charge in [0.1, 0.15) is 0 Å². The van der Waals surface area contributed by atoms with E-state index in [4.69, 9.17) is 5.73 Å².